The molecule has 1 aliphatic rings. The van der Waals surface area contributed by atoms with E-state index in [1.165, 1.54) is 0 Å². The van der Waals surface area contributed by atoms with E-state index in [2.05, 4.69) is 20.6 Å². The summed E-state index contributed by atoms with van der Waals surface area (Å²) in [6.45, 7) is 0.579. The first-order valence-corrected chi connectivity index (χ1v) is 8.65. The Balaban J connectivity index is 1.58. The van der Waals surface area contributed by atoms with Gasteiger partial charge in [-0.25, -0.2) is 13.8 Å². The van der Waals surface area contributed by atoms with E-state index in [1.54, 1.807) is 48.5 Å². The maximum Gasteiger partial charge on any atom is 0.293 e. The van der Waals surface area contributed by atoms with E-state index in [0.29, 0.717) is 23.2 Å². The first-order valence-electron chi connectivity index (χ1n) is 8.65. The molecule has 1 aliphatic heterocycles. The highest BCUT2D eigenvalue weighted by Crippen LogP contribution is 2.24. The lowest BCUT2D eigenvalue weighted by Crippen LogP contribution is -2.39. The minimum absolute atomic E-state index is 0.254. The largest absolute Gasteiger partial charge is 0.487 e. The fourth-order valence-electron chi connectivity index (χ4n) is 2.85. The van der Waals surface area contributed by atoms with Crippen molar-refractivity contribution in [2.75, 3.05) is 43.9 Å². The van der Waals surface area contributed by atoms with E-state index in [4.69, 9.17) is 4.74 Å². The van der Waals surface area contributed by atoms with Gasteiger partial charge in [-0.05, 0) is 44.1 Å². The number of anilines is 3. The summed E-state index contributed by atoms with van der Waals surface area (Å²) in [6, 6.07) is 8.58. The maximum absolute atomic E-state index is 14.1. The Morgan fingerprint density at radius 3 is 2.81 bits per heavy atom. The number of hydrogen-bond donors (Lipinski definition) is 2. The van der Waals surface area contributed by atoms with Crippen molar-refractivity contribution in [3.63, 3.8) is 0 Å². The Labute approximate surface area is 151 Å². The van der Waals surface area contributed by atoms with Crippen molar-refractivity contribution in [3.05, 3.63) is 36.5 Å². The molecule has 2 heterocycles. The van der Waals surface area contributed by atoms with Crippen LogP contribution in [0.4, 0.5) is 26.2 Å². The third kappa shape index (κ3) is 5.26. The minimum Gasteiger partial charge on any atom is -0.487 e. The van der Waals surface area contributed by atoms with E-state index >= 15 is 0 Å². The van der Waals surface area contributed by atoms with Crippen LogP contribution in [0.15, 0.2) is 36.5 Å². The molecule has 0 bridgehead atoms. The molecule has 2 aromatic rings. The first-order chi connectivity index (χ1) is 12.5. The van der Waals surface area contributed by atoms with Crippen LogP contribution in [-0.2, 0) is 0 Å². The van der Waals surface area contributed by atoms with Crippen LogP contribution >= 0.6 is 0 Å². The molecule has 1 fully saturated rings. The van der Waals surface area contributed by atoms with Crippen molar-refractivity contribution < 1.29 is 13.5 Å². The molecular weight excluding hydrogens is 340 g/mol. The van der Waals surface area contributed by atoms with Crippen LogP contribution in [0.3, 0.4) is 0 Å². The summed E-state index contributed by atoms with van der Waals surface area (Å²) in [7, 11) is 1.77. The van der Waals surface area contributed by atoms with Gasteiger partial charge in [-0.15, -0.1) is 0 Å². The second kappa shape index (κ2) is 8.27. The second-order valence-electron chi connectivity index (χ2n) is 6.30. The molecule has 1 aromatic carbocycles. The Hall–Kier alpha value is -2.48. The van der Waals surface area contributed by atoms with Crippen molar-refractivity contribution in [2.24, 2.45) is 0 Å². The van der Waals surface area contributed by atoms with Gasteiger partial charge in [0.05, 0.1) is 6.54 Å². The van der Waals surface area contributed by atoms with E-state index in [9.17, 15) is 8.78 Å². The number of halogens is 2. The molecule has 0 radical (unpaired) electrons. The topological polar surface area (TPSA) is 62.3 Å². The third-order valence-electron chi connectivity index (χ3n) is 4.11. The molecular formula is C18H23F2N5O. The van der Waals surface area contributed by atoms with Crippen LogP contribution in [0.1, 0.15) is 12.8 Å². The van der Waals surface area contributed by atoms with Crippen LogP contribution < -0.4 is 15.4 Å². The van der Waals surface area contributed by atoms with Gasteiger partial charge in [0.1, 0.15) is 11.6 Å². The normalized spacial score (nSPS) is 15.0. The van der Waals surface area contributed by atoms with Gasteiger partial charge in [0.15, 0.2) is 6.61 Å². The van der Waals surface area contributed by atoms with E-state index in [-0.39, 0.29) is 6.54 Å². The number of rotatable bonds is 8. The molecule has 140 valence electrons. The molecule has 3 rings (SSSR count). The zero-order valence-electron chi connectivity index (χ0n) is 14.7. The molecule has 2 N–H and O–H groups in total. The molecule has 26 heavy (non-hydrogen) atoms. The summed E-state index contributed by atoms with van der Waals surface area (Å²) in [5, 5.41) is 5.96. The molecule has 1 aromatic heterocycles. The van der Waals surface area contributed by atoms with Crippen molar-refractivity contribution in [2.45, 2.75) is 18.8 Å². The average Bonchev–Trinajstić information content (AvgIpc) is 3.13. The number of nitrogens with one attached hydrogen (secondary N) is 2. The number of benzene rings is 1. The SMILES string of the molecule is CNc1ccnc(Nc2cccc(OCC(F)(F)CN3CCCC3)c2)n1. The standard InChI is InChI=1S/C18H23F2N5O/c1-21-16-7-8-22-17(24-16)23-14-5-4-6-15(11-14)26-13-18(19,20)12-25-9-2-3-10-25/h4-8,11H,2-3,9-10,12-13H2,1H3,(H2,21,22,23,24). The fraction of sp³-hybridized carbons (Fsp3) is 0.444. The lowest BCUT2D eigenvalue weighted by atomic mass is 10.3. The lowest BCUT2D eigenvalue weighted by Gasteiger charge is -2.23. The zero-order valence-corrected chi connectivity index (χ0v) is 14.7. The van der Waals surface area contributed by atoms with Crippen LogP contribution in [0.5, 0.6) is 5.75 Å². The lowest BCUT2D eigenvalue weighted by molar-refractivity contribution is -0.0615. The van der Waals surface area contributed by atoms with E-state index < -0.39 is 12.5 Å². The van der Waals surface area contributed by atoms with Crippen molar-refractivity contribution in [3.8, 4) is 5.75 Å². The molecule has 0 saturated carbocycles. The second-order valence-corrected chi connectivity index (χ2v) is 6.30. The van der Waals surface area contributed by atoms with Crippen molar-refractivity contribution >= 4 is 17.5 Å². The monoisotopic (exact) mass is 363 g/mol. The molecule has 0 amide bonds. The molecule has 1 saturated heterocycles. The Morgan fingerprint density at radius 2 is 2.04 bits per heavy atom. The summed E-state index contributed by atoms with van der Waals surface area (Å²) in [5.74, 6) is -1.41. The fourth-order valence-corrected chi connectivity index (χ4v) is 2.85. The van der Waals surface area contributed by atoms with E-state index in [1.807, 2.05) is 0 Å². The van der Waals surface area contributed by atoms with Gasteiger partial charge in [-0.1, -0.05) is 6.07 Å². The van der Waals surface area contributed by atoms with Gasteiger partial charge in [-0.2, -0.15) is 4.98 Å². The van der Waals surface area contributed by atoms with Gasteiger partial charge in [0.2, 0.25) is 5.95 Å². The minimum atomic E-state index is -2.88. The first kappa shape index (κ1) is 18.3. The van der Waals surface area contributed by atoms with Crippen molar-refractivity contribution in [1.29, 1.82) is 0 Å². The molecule has 0 unspecified atom stereocenters. The van der Waals surface area contributed by atoms with E-state index in [0.717, 1.165) is 25.9 Å². The molecule has 0 aliphatic carbocycles. The summed E-state index contributed by atoms with van der Waals surface area (Å²) < 4.78 is 33.5. The molecule has 0 atom stereocenters. The van der Waals surface area contributed by atoms with Crippen LogP contribution in [-0.4, -0.2) is 54.1 Å². The number of likely N-dealkylation sites (tertiary alicyclic amines) is 1. The smallest absolute Gasteiger partial charge is 0.293 e. The van der Waals surface area contributed by atoms with Gasteiger partial charge < -0.3 is 15.4 Å². The zero-order chi connectivity index (χ0) is 18.4. The summed E-state index contributed by atoms with van der Waals surface area (Å²) >= 11 is 0. The Kier molecular flexibility index (Phi) is 5.82. The number of alkyl halides is 2. The van der Waals surface area contributed by atoms with Gasteiger partial charge in [0.25, 0.3) is 5.92 Å². The van der Waals surface area contributed by atoms with Crippen molar-refractivity contribution in [1.82, 2.24) is 14.9 Å². The number of ether oxygens (including phenoxy) is 1. The molecule has 8 heteroatoms. The highest BCUT2D eigenvalue weighted by atomic mass is 19.3. The molecule has 0 spiro atoms. The summed E-state index contributed by atoms with van der Waals surface area (Å²) in [4.78, 5) is 10.2. The summed E-state index contributed by atoms with van der Waals surface area (Å²) in [5.41, 5.74) is 0.665. The third-order valence-corrected chi connectivity index (χ3v) is 4.11. The number of nitrogens with zero attached hydrogens (tertiary/aromatic N) is 3. The number of hydrogen-bond acceptors (Lipinski definition) is 6. The van der Waals surface area contributed by atoms with Crippen LogP contribution in [0.2, 0.25) is 0 Å². The highest BCUT2D eigenvalue weighted by Gasteiger charge is 2.33. The van der Waals surface area contributed by atoms with Gasteiger partial charge in [-0.3, -0.25) is 4.90 Å². The predicted molar refractivity (Wildman–Crippen MR) is 97.4 cm³/mol. The average molecular weight is 363 g/mol. The highest BCUT2D eigenvalue weighted by molar-refractivity contribution is 5.56. The number of aromatic nitrogens is 2. The summed E-state index contributed by atoms with van der Waals surface area (Å²) in [6.07, 6.45) is 3.60. The van der Waals surface area contributed by atoms with Gasteiger partial charge >= 0.3 is 0 Å². The maximum atomic E-state index is 14.1. The van der Waals surface area contributed by atoms with Gasteiger partial charge in [0, 0.05) is 25.0 Å². The molecule has 6 nitrogen and oxygen atoms in total. The Morgan fingerprint density at radius 1 is 1.23 bits per heavy atom. The van der Waals surface area contributed by atoms with Crippen LogP contribution in [0, 0.1) is 0 Å². The Bertz CT molecular complexity index is 722. The quantitative estimate of drug-likeness (QED) is 0.750. The van der Waals surface area contributed by atoms with Crippen LogP contribution in [0.25, 0.3) is 0 Å². The predicted octanol–water partition coefficient (Wildman–Crippen LogP) is 3.37.